The van der Waals surface area contributed by atoms with E-state index in [2.05, 4.69) is 10.3 Å². The van der Waals surface area contributed by atoms with E-state index < -0.39 is 0 Å². The molecule has 0 aromatic carbocycles. The molecule has 2 N–H and O–H groups in total. The van der Waals surface area contributed by atoms with E-state index in [-0.39, 0.29) is 25.1 Å². The highest BCUT2D eigenvalue weighted by Gasteiger charge is 2.11. The zero-order valence-electron chi connectivity index (χ0n) is 10.6. The quantitative estimate of drug-likeness (QED) is 0.848. The third kappa shape index (κ3) is 2.51. The van der Waals surface area contributed by atoms with Crippen molar-refractivity contribution in [3.8, 4) is 0 Å². The molecule has 0 aliphatic heterocycles. The van der Waals surface area contributed by atoms with Gasteiger partial charge in [-0.1, -0.05) is 0 Å². The Kier molecular flexibility index (Phi) is 3.62. The van der Waals surface area contributed by atoms with Crippen LogP contribution < -0.4 is 5.32 Å². The van der Waals surface area contributed by atoms with Gasteiger partial charge in [-0.05, 0) is 26.0 Å². The average Bonchev–Trinajstić information content (AvgIpc) is 2.67. The smallest absolute Gasteiger partial charge is 0.240 e. The fraction of sp³-hybridized carbons (Fsp3) is 0.385. The van der Waals surface area contributed by atoms with Crippen LogP contribution in [0.4, 0.5) is 0 Å². The third-order valence-electron chi connectivity index (χ3n) is 2.65. The van der Waals surface area contributed by atoms with Gasteiger partial charge in [0.1, 0.15) is 12.2 Å². The number of amides is 1. The summed E-state index contributed by atoms with van der Waals surface area (Å²) in [6, 6.07) is 3.83. The van der Waals surface area contributed by atoms with Crippen LogP contribution in [0.3, 0.4) is 0 Å². The highest BCUT2D eigenvalue weighted by molar-refractivity contribution is 5.83. The van der Waals surface area contributed by atoms with Crippen molar-refractivity contribution in [1.29, 1.82) is 0 Å². The van der Waals surface area contributed by atoms with Crippen LogP contribution in [-0.4, -0.2) is 26.6 Å². The van der Waals surface area contributed by atoms with Crippen molar-refractivity contribution in [1.82, 2.24) is 14.9 Å². The molecule has 0 fully saturated rings. The van der Waals surface area contributed by atoms with E-state index in [1.165, 1.54) is 0 Å². The van der Waals surface area contributed by atoms with E-state index >= 15 is 0 Å². The van der Waals surface area contributed by atoms with Gasteiger partial charge in [-0.2, -0.15) is 0 Å². The third-order valence-corrected chi connectivity index (χ3v) is 2.65. The Bertz CT molecular complexity index is 560. The summed E-state index contributed by atoms with van der Waals surface area (Å²) in [7, 11) is 0. The zero-order chi connectivity index (χ0) is 13.1. The fourth-order valence-corrected chi connectivity index (χ4v) is 1.96. The Labute approximate surface area is 105 Å². The van der Waals surface area contributed by atoms with E-state index in [1.807, 2.05) is 26.0 Å². The zero-order valence-corrected chi connectivity index (χ0v) is 10.6. The van der Waals surface area contributed by atoms with Crippen LogP contribution in [0.5, 0.6) is 0 Å². The Hall–Kier alpha value is -1.88. The number of hydrogen-bond acceptors (Lipinski definition) is 3. The van der Waals surface area contributed by atoms with Crippen molar-refractivity contribution in [2.45, 2.75) is 33.0 Å². The van der Waals surface area contributed by atoms with Crippen molar-refractivity contribution >= 4 is 16.9 Å². The van der Waals surface area contributed by atoms with Crippen molar-refractivity contribution in [2.24, 2.45) is 0 Å². The van der Waals surface area contributed by atoms with Crippen LogP contribution in [0, 0.1) is 0 Å². The number of nitrogens with one attached hydrogen (secondary N) is 1. The molecule has 2 aromatic heterocycles. The van der Waals surface area contributed by atoms with E-state index in [0.717, 1.165) is 16.6 Å². The van der Waals surface area contributed by atoms with Crippen molar-refractivity contribution < 1.29 is 9.90 Å². The first-order valence-corrected chi connectivity index (χ1v) is 5.94. The summed E-state index contributed by atoms with van der Waals surface area (Å²) >= 11 is 0. The van der Waals surface area contributed by atoms with Gasteiger partial charge in [0.2, 0.25) is 5.91 Å². The number of nitrogens with zero attached hydrogens (tertiary/aromatic N) is 2. The molecule has 0 saturated heterocycles. The normalized spacial score (nSPS) is 11.1. The Morgan fingerprint density at radius 2 is 2.33 bits per heavy atom. The van der Waals surface area contributed by atoms with Crippen LogP contribution in [0.25, 0.3) is 11.0 Å². The van der Waals surface area contributed by atoms with Crippen molar-refractivity contribution in [2.75, 3.05) is 0 Å². The monoisotopic (exact) mass is 247 g/mol. The lowest BCUT2D eigenvalue weighted by Gasteiger charge is -2.09. The maximum atomic E-state index is 11.7. The van der Waals surface area contributed by atoms with Gasteiger partial charge in [0, 0.05) is 29.4 Å². The molecule has 0 radical (unpaired) electrons. The Morgan fingerprint density at radius 3 is 3.00 bits per heavy atom. The molecule has 5 heteroatoms. The van der Waals surface area contributed by atoms with Gasteiger partial charge in [-0.3, -0.25) is 4.79 Å². The van der Waals surface area contributed by atoms with Crippen LogP contribution in [0.1, 0.15) is 19.4 Å². The summed E-state index contributed by atoms with van der Waals surface area (Å²) in [6.45, 7) is 4.00. The largest absolute Gasteiger partial charge is 0.392 e. The predicted octanol–water partition coefficient (Wildman–Crippen LogP) is 1.05. The lowest BCUT2D eigenvalue weighted by molar-refractivity contribution is -0.122. The predicted molar refractivity (Wildman–Crippen MR) is 68.9 cm³/mol. The summed E-state index contributed by atoms with van der Waals surface area (Å²) in [5.41, 5.74) is 1.51. The van der Waals surface area contributed by atoms with Gasteiger partial charge in [0.15, 0.2) is 0 Å². The molecule has 18 heavy (non-hydrogen) atoms. The van der Waals surface area contributed by atoms with Gasteiger partial charge in [0.25, 0.3) is 0 Å². The average molecular weight is 247 g/mol. The lowest BCUT2D eigenvalue weighted by atomic mass is 10.2. The van der Waals surface area contributed by atoms with Gasteiger partial charge in [-0.25, -0.2) is 4.98 Å². The van der Waals surface area contributed by atoms with Crippen LogP contribution in [-0.2, 0) is 17.9 Å². The lowest BCUT2D eigenvalue weighted by Crippen LogP contribution is -2.32. The first-order valence-electron chi connectivity index (χ1n) is 5.94. The number of aliphatic hydroxyl groups excluding tert-OH is 1. The molecule has 2 aromatic rings. The van der Waals surface area contributed by atoms with Gasteiger partial charge in [-0.15, -0.1) is 0 Å². The number of aliphatic hydroxyl groups is 1. The minimum Gasteiger partial charge on any atom is -0.392 e. The summed E-state index contributed by atoms with van der Waals surface area (Å²) < 4.78 is 1.76. The molecule has 0 aliphatic rings. The molecule has 0 spiro atoms. The second kappa shape index (κ2) is 5.18. The van der Waals surface area contributed by atoms with Crippen LogP contribution >= 0.6 is 0 Å². The Morgan fingerprint density at radius 1 is 1.56 bits per heavy atom. The molecule has 0 bridgehead atoms. The minimum absolute atomic E-state index is 0.0546. The molecule has 0 saturated carbocycles. The first kappa shape index (κ1) is 12.6. The van der Waals surface area contributed by atoms with E-state index in [4.69, 9.17) is 0 Å². The summed E-state index contributed by atoms with van der Waals surface area (Å²) in [4.78, 5) is 16.0. The number of rotatable bonds is 4. The minimum atomic E-state index is -0.0583. The second-order valence-corrected chi connectivity index (χ2v) is 4.54. The standard InChI is InChI=1S/C13H17N3O2/c1-9(2)15-12(18)7-16-6-10(8-17)11-4-3-5-14-13(11)16/h3-6,9,17H,7-8H2,1-2H3,(H,15,18). The molecule has 0 aliphatic carbocycles. The van der Waals surface area contributed by atoms with E-state index in [0.29, 0.717) is 0 Å². The second-order valence-electron chi connectivity index (χ2n) is 4.54. The summed E-state index contributed by atoms with van der Waals surface area (Å²) in [5, 5.41) is 13.0. The molecule has 2 rings (SSSR count). The fourth-order valence-electron chi connectivity index (χ4n) is 1.96. The number of carbonyl (C=O) groups is 1. The van der Waals surface area contributed by atoms with Gasteiger partial charge >= 0.3 is 0 Å². The molecule has 0 atom stereocenters. The molecule has 1 amide bonds. The van der Waals surface area contributed by atoms with Gasteiger partial charge < -0.3 is 15.0 Å². The molecular formula is C13H17N3O2. The van der Waals surface area contributed by atoms with E-state index in [1.54, 1.807) is 17.0 Å². The molecular weight excluding hydrogens is 230 g/mol. The maximum Gasteiger partial charge on any atom is 0.240 e. The number of hydrogen-bond donors (Lipinski definition) is 2. The maximum absolute atomic E-state index is 11.7. The van der Waals surface area contributed by atoms with Crippen molar-refractivity contribution in [3.63, 3.8) is 0 Å². The van der Waals surface area contributed by atoms with Crippen LogP contribution in [0.2, 0.25) is 0 Å². The first-order chi connectivity index (χ1) is 8.61. The van der Waals surface area contributed by atoms with Gasteiger partial charge in [0.05, 0.1) is 6.61 Å². The highest BCUT2D eigenvalue weighted by Crippen LogP contribution is 2.19. The summed E-state index contributed by atoms with van der Waals surface area (Å²) in [5.74, 6) is -0.0583. The number of aromatic nitrogens is 2. The number of pyridine rings is 1. The number of fused-ring (bicyclic) bond motifs is 1. The van der Waals surface area contributed by atoms with Crippen LogP contribution in [0.15, 0.2) is 24.5 Å². The highest BCUT2D eigenvalue weighted by atomic mass is 16.3. The molecule has 2 heterocycles. The van der Waals surface area contributed by atoms with Crippen molar-refractivity contribution in [3.05, 3.63) is 30.1 Å². The summed E-state index contributed by atoms with van der Waals surface area (Å²) in [6.07, 6.45) is 3.46. The Balaban J connectivity index is 2.31. The molecule has 5 nitrogen and oxygen atoms in total. The molecule has 96 valence electrons. The SMILES string of the molecule is CC(C)NC(=O)Cn1cc(CO)c2cccnc21. The number of carbonyl (C=O) groups excluding carboxylic acids is 1. The molecule has 0 unspecified atom stereocenters. The topological polar surface area (TPSA) is 67.2 Å². The van der Waals surface area contributed by atoms with E-state index in [9.17, 15) is 9.90 Å².